The van der Waals surface area contributed by atoms with Gasteiger partial charge in [0.25, 0.3) is 11.6 Å². The van der Waals surface area contributed by atoms with E-state index in [1.54, 1.807) is 13.8 Å². The number of hydrogen-bond acceptors (Lipinski definition) is 5. The summed E-state index contributed by atoms with van der Waals surface area (Å²) in [6.45, 7) is 2.74. The van der Waals surface area contributed by atoms with Gasteiger partial charge < -0.3 is 10.1 Å². The lowest BCUT2D eigenvalue weighted by Crippen LogP contribution is -2.20. The summed E-state index contributed by atoms with van der Waals surface area (Å²) >= 11 is 0. The van der Waals surface area contributed by atoms with E-state index >= 15 is 0 Å². The molecule has 0 aromatic heterocycles. The van der Waals surface area contributed by atoms with E-state index in [-0.39, 0.29) is 11.4 Å². The molecule has 0 saturated heterocycles. The van der Waals surface area contributed by atoms with Crippen molar-refractivity contribution in [1.82, 2.24) is 0 Å². The number of non-ortho nitro benzene ring substituents is 1. The Balaban J connectivity index is 2.67. The van der Waals surface area contributed by atoms with E-state index in [2.05, 4.69) is 10.1 Å². The maximum Gasteiger partial charge on any atom is 0.331 e. The molecule has 0 unspecified atom stereocenters. The molecule has 1 aromatic rings. The van der Waals surface area contributed by atoms with E-state index in [4.69, 9.17) is 0 Å². The predicted octanol–water partition coefficient (Wildman–Crippen LogP) is 2.18. The van der Waals surface area contributed by atoms with Crippen molar-refractivity contribution in [3.05, 3.63) is 45.8 Å². The van der Waals surface area contributed by atoms with Gasteiger partial charge in [0.15, 0.2) is 6.61 Å². The minimum absolute atomic E-state index is 0.354. The van der Waals surface area contributed by atoms with Gasteiger partial charge in [-0.05, 0) is 19.9 Å². The number of allylic oxidation sites excluding steroid dienone is 1. The molecular weight excluding hydrogens is 283 g/mol. The standard InChI is InChI=1S/C13H13FN2O5/c1-8(2)5-13(18)21-7-12(17)15-11-6-9(16(19)20)3-4-10(11)14/h3-6H,7H2,1-2H3,(H,15,17). The van der Waals surface area contributed by atoms with Crippen LogP contribution in [0.1, 0.15) is 13.8 Å². The number of nitrogens with one attached hydrogen (secondary N) is 1. The largest absolute Gasteiger partial charge is 0.452 e. The SMILES string of the molecule is CC(C)=CC(=O)OCC(=O)Nc1cc([N+](=O)[O-])ccc1F. The number of nitro benzene ring substituents is 1. The van der Waals surface area contributed by atoms with Gasteiger partial charge in [-0.2, -0.15) is 0 Å². The van der Waals surface area contributed by atoms with Crippen LogP contribution in [-0.2, 0) is 14.3 Å². The minimum Gasteiger partial charge on any atom is -0.452 e. The van der Waals surface area contributed by atoms with Gasteiger partial charge >= 0.3 is 5.97 Å². The van der Waals surface area contributed by atoms with Crippen LogP contribution in [0.25, 0.3) is 0 Å². The van der Waals surface area contributed by atoms with Gasteiger partial charge in [-0.3, -0.25) is 14.9 Å². The van der Waals surface area contributed by atoms with Gasteiger partial charge in [-0.15, -0.1) is 0 Å². The third-order valence-corrected chi connectivity index (χ3v) is 2.19. The van der Waals surface area contributed by atoms with Crippen molar-refractivity contribution in [2.75, 3.05) is 11.9 Å². The molecular formula is C13H13FN2O5. The minimum atomic E-state index is -0.829. The van der Waals surface area contributed by atoms with Gasteiger partial charge in [0, 0.05) is 18.2 Å². The first-order valence-electron chi connectivity index (χ1n) is 5.85. The number of carbonyl (C=O) groups is 2. The molecule has 1 amide bonds. The first kappa shape index (κ1) is 16.3. The molecule has 8 heteroatoms. The van der Waals surface area contributed by atoms with Gasteiger partial charge in [0.1, 0.15) is 5.82 Å². The first-order chi connectivity index (χ1) is 9.79. The number of anilines is 1. The summed E-state index contributed by atoms with van der Waals surface area (Å²) in [7, 11) is 0. The number of ether oxygens (including phenoxy) is 1. The average molecular weight is 296 g/mol. The summed E-state index contributed by atoms with van der Waals surface area (Å²) in [4.78, 5) is 32.5. The van der Waals surface area contributed by atoms with Crippen molar-refractivity contribution < 1.29 is 23.6 Å². The van der Waals surface area contributed by atoms with Crippen molar-refractivity contribution in [1.29, 1.82) is 0 Å². The maximum absolute atomic E-state index is 13.4. The van der Waals surface area contributed by atoms with Crippen LogP contribution in [-0.4, -0.2) is 23.4 Å². The smallest absolute Gasteiger partial charge is 0.331 e. The summed E-state index contributed by atoms with van der Waals surface area (Å²) < 4.78 is 18.0. The molecule has 0 fully saturated rings. The van der Waals surface area contributed by atoms with E-state index in [0.29, 0.717) is 5.57 Å². The fourth-order valence-corrected chi connectivity index (χ4v) is 1.32. The van der Waals surface area contributed by atoms with Crippen molar-refractivity contribution >= 4 is 23.3 Å². The van der Waals surface area contributed by atoms with Crippen LogP contribution in [0.5, 0.6) is 0 Å². The van der Waals surface area contributed by atoms with Crippen molar-refractivity contribution in [3.63, 3.8) is 0 Å². The number of benzene rings is 1. The Morgan fingerprint density at radius 3 is 2.67 bits per heavy atom. The molecule has 0 atom stereocenters. The van der Waals surface area contributed by atoms with Gasteiger partial charge in [0.05, 0.1) is 10.6 Å². The number of nitrogens with zero attached hydrogens (tertiary/aromatic N) is 1. The van der Waals surface area contributed by atoms with Crippen molar-refractivity contribution in [2.24, 2.45) is 0 Å². The number of halogens is 1. The predicted molar refractivity (Wildman–Crippen MR) is 72.1 cm³/mol. The summed E-state index contributed by atoms with van der Waals surface area (Å²) in [5.74, 6) is -2.33. The lowest BCUT2D eigenvalue weighted by molar-refractivity contribution is -0.384. The molecule has 0 bridgehead atoms. The molecule has 1 rings (SSSR count). The van der Waals surface area contributed by atoms with Crippen molar-refractivity contribution in [3.8, 4) is 0 Å². The Bertz CT molecular complexity index is 609. The Morgan fingerprint density at radius 1 is 1.43 bits per heavy atom. The summed E-state index contributed by atoms with van der Waals surface area (Å²) in [6, 6.07) is 2.72. The first-order valence-corrected chi connectivity index (χ1v) is 5.85. The van der Waals surface area contributed by atoms with Gasteiger partial charge in [0.2, 0.25) is 0 Å². The molecule has 0 radical (unpaired) electrons. The monoisotopic (exact) mass is 296 g/mol. The van der Waals surface area contributed by atoms with Crippen LogP contribution in [0, 0.1) is 15.9 Å². The highest BCUT2D eigenvalue weighted by Crippen LogP contribution is 2.21. The number of amides is 1. The maximum atomic E-state index is 13.4. The number of rotatable bonds is 5. The van der Waals surface area contributed by atoms with Gasteiger partial charge in [-0.25, -0.2) is 9.18 Å². The van der Waals surface area contributed by atoms with Gasteiger partial charge in [-0.1, -0.05) is 5.57 Å². The Labute approximate surface area is 119 Å². The van der Waals surface area contributed by atoms with E-state index < -0.39 is 29.2 Å². The number of carbonyl (C=O) groups excluding carboxylic acids is 2. The lowest BCUT2D eigenvalue weighted by Gasteiger charge is -2.06. The van der Waals surface area contributed by atoms with Crippen LogP contribution in [0.4, 0.5) is 15.8 Å². The van der Waals surface area contributed by atoms with E-state index in [1.807, 2.05) is 0 Å². The molecule has 0 saturated carbocycles. The van der Waals surface area contributed by atoms with Crippen LogP contribution in [0.2, 0.25) is 0 Å². The fourth-order valence-electron chi connectivity index (χ4n) is 1.32. The molecule has 112 valence electrons. The van der Waals surface area contributed by atoms with Crippen molar-refractivity contribution in [2.45, 2.75) is 13.8 Å². The topological polar surface area (TPSA) is 98.5 Å². The van der Waals surface area contributed by atoms with Crippen LogP contribution < -0.4 is 5.32 Å². The van der Waals surface area contributed by atoms with E-state index in [1.165, 1.54) is 6.08 Å². The molecule has 1 aromatic carbocycles. The third-order valence-electron chi connectivity index (χ3n) is 2.19. The zero-order valence-electron chi connectivity index (χ0n) is 11.4. The quantitative estimate of drug-likeness (QED) is 0.388. The van der Waals surface area contributed by atoms with E-state index in [0.717, 1.165) is 18.2 Å². The lowest BCUT2D eigenvalue weighted by atomic mass is 10.2. The number of hydrogen-bond donors (Lipinski definition) is 1. The highest BCUT2D eigenvalue weighted by atomic mass is 19.1. The highest BCUT2D eigenvalue weighted by molar-refractivity contribution is 5.94. The zero-order valence-corrected chi connectivity index (χ0v) is 11.4. The van der Waals surface area contributed by atoms with Crippen LogP contribution >= 0.6 is 0 Å². The molecule has 0 spiro atoms. The number of nitro groups is 1. The Morgan fingerprint density at radius 2 is 2.10 bits per heavy atom. The number of esters is 1. The second-order valence-electron chi connectivity index (χ2n) is 4.30. The normalized spacial score (nSPS) is 9.67. The molecule has 0 aliphatic heterocycles. The molecule has 1 N–H and O–H groups in total. The van der Waals surface area contributed by atoms with E-state index in [9.17, 15) is 24.1 Å². The summed E-state index contributed by atoms with van der Waals surface area (Å²) in [6.07, 6.45) is 1.20. The highest BCUT2D eigenvalue weighted by Gasteiger charge is 2.13. The molecule has 21 heavy (non-hydrogen) atoms. The van der Waals surface area contributed by atoms with Crippen LogP contribution in [0.3, 0.4) is 0 Å². The zero-order chi connectivity index (χ0) is 16.0. The van der Waals surface area contributed by atoms with Crippen LogP contribution in [0.15, 0.2) is 29.8 Å². The Kier molecular flexibility index (Phi) is 5.53. The fraction of sp³-hybridized carbons (Fsp3) is 0.231. The second kappa shape index (κ2) is 7.13. The molecule has 0 aliphatic carbocycles. The summed E-state index contributed by atoms with van der Waals surface area (Å²) in [5, 5.41) is 12.7. The third kappa shape index (κ3) is 5.39. The molecule has 0 aliphatic rings. The Hall–Kier alpha value is -2.77. The summed E-state index contributed by atoms with van der Waals surface area (Å²) in [5.41, 5.74) is -0.0224. The average Bonchev–Trinajstić information content (AvgIpc) is 2.38. The molecule has 7 nitrogen and oxygen atoms in total. The second-order valence-corrected chi connectivity index (χ2v) is 4.30. The molecule has 0 heterocycles.